The van der Waals surface area contributed by atoms with Gasteiger partial charge in [0.15, 0.2) is 0 Å². The summed E-state index contributed by atoms with van der Waals surface area (Å²) in [6, 6.07) is 7.83. The Labute approximate surface area is 120 Å². The molecule has 0 radical (unpaired) electrons. The van der Waals surface area contributed by atoms with E-state index in [9.17, 15) is 0 Å². The largest absolute Gasteiger partial charge is 0.437 e. The van der Waals surface area contributed by atoms with Crippen LogP contribution in [0, 0.1) is 3.57 Å². The topological polar surface area (TPSA) is 47.0 Å². The van der Waals surface area contributed by atoms with Gasteiger partial charge >= 0.3 is 0 Å². The van der Waals surface area contributed by atoms with Crippen molar-refractivity contribution in [1.82, 2.24) is 15.3 Å². The lowest BCUT2D eigenvalue weighted by Crippen LogP contribution is -2.13. The fourth-order valence-electron chi connectivity index (χ4n) is 1.42. The monoisotopic (exact) mass is 355 g/mol. The molecule has 0 aliphatic carbocycles. The number of nitrogens with zero attached hydrogens (tertiary/aromatic N) is 2. The summed E-state index contributed by atoms with van der Waals surface area (Å²) < 4.78 is 6.80. The van der Waals surface area contributed by atoms with Gasteiger partial charge in [0.05, 0.1) is 11.9 Å². The fourth-order valence-corrected chi connectivity index (χ4v) is 1.94. The van der Waals surface area contributed by atoms with E-state index in [4.69, 9.17) is 4.74 Å². The maximum absolute atomic E-state index is 5.67. The number of hydrogen-bond donors (Lipinski definition) is 1. The van der Waals surface area contributed by atoms with Crippen LogP contribution < -0.4 is 10.1 Å². The molecule has 1 aromatic carbocycles. The highest BCUT2D eigenvalue weighted by atomic mass is 127. The highest BCUT2D eigenvalue weighted by molar-refractivity contribution is 14.1. The molecule has 0 atom stereocenters. The molecule has 4 nitrogen and oxygen atoms in total. The predicted molar refractivity (Wildman–Crippen MR) is 78.6 cm³/mol. The van der Waals surface area contributed by atoms with E-state index < -0.39 is 0 Å². The Morgan fingerprint density at radius 1 is 1.33 bits per heavy atom. The predicted octanol–water partition coefficient (Wildman–Crippen LogP) is 2.98. The number of halogens is 1. The van der Waals surface area contributed by atoms with Crippen LogP contribution in [0.3, 0.4) is 0 Å². The maximum Gasteiger partial charge on any atom is 0.238 e. The summed E-state index contributed by atoms with van der Waals surface area (Å²) in [7, 11) is 0. The summed E-state index contributed by atoms with van der Waals surface area (Å²) in [5.74, 6) is 1.30. The number of nitrogens with one attached hydrogen (secondary N) is 1. The van der Waals surface area contributed by atoms with Gasteiger partial charge in [0.2, 0.25) is 5.88 Å². The number of hydrogen-bond acceptors (Lipinski definition) is 4. The smallest absolute Gasteiger partial charge is 0.238 e. The molecule has 0 unspecified atom stereocenters. The minimum atomic E-state index is 0.521. The summed E-state index contributed by atoms with van der Waals surface area (Å²) in [6.07, 6.45) is 3.36. The molecule has 0 bridgehead atoms. The van der Waals surface area contributed by atoms with Crippen molar-refractivity contribution < 1.29 is 4.74 Å². The van der Waals surface area contributed by atoms with Crippen molar-refractivity contribution in [2.45, 2.75) is 13.5 Å². The van der Waals surface area contributed by atoms with Crippen LogP contribution in [0.1, 0.15) is 12.6 Å². The minimum Gasteiger partial charge on any atom is -0.437 e. The Kier molecular flexibility index (Phi) is 4.89. The van der Waals surface area contributed by atoms with Crippen LogP contribution >= 0.6 is 22.6 Å². The first kappa shape index (κ1) is 13.2. The number of aromatic nitrogens is 2. The molecule has 0 amide bonds. The van der Waals surface area contributed by atoms with Crippen LogP contribution in [0.25, 0.3) is 0 Å². The molecule has 1 N–H and O–H groups in total. The SMILES string of the molecule is CCNCc1cncc(Oc2cccc(I)c2)n1. The molecule has 18 heavy (non-hydrogen) atoms. The van der Waals surface area contributed by atoms with Crippen molar-refractivity contribution in [2.75, 3.05) is 6.54 Å². The summed E-state index contributed by atoms with van der Waals surface area (Å²) in [6.45, 7) is 3.66. The molecule has 2 aromatic rings. The second-order valence-electron chi connectivity index (χ2n) is 3.69. The van der Waals surface area contributed by atoms with E-state index in [-0.39, 0.29) is 0 Å². The molecule has 0 saturated carbocycles. The molecule has 0 aliphatic heterocycles. The second-order valence-corrected chi connectivity index (χ2v) is 4.93. The highest BCUT2D eigenvalue weighted by Crippen LogP contribution is 2.20. The molecule has 0 aliphatic rings. The lowest BCUT2D eigenvalue weighted by atomic mass is 10.3. The van der Waals surface area contributed by atoms with E-state index in [1.165, 1.54) is 0 Å². The molecular formula is C13H14IN3O. The molecule has 2 rings (SSSR count). The first-order valence-corrected chi connectivity index (χ1v) is 6.81. The van der Waals surface area contributed by atoms with Gasteiger partial charge in [-0.3, -0.25) is 4.98 Å². The molecule has 0 fully saturated rings. The zero-order valence-corrected chi connectivity index (χ0v) is 12.2. The van der Waals surface area contributed by atoms with Crippen molar-refractivity contribution in [2.24, 2.45) is 0 Å². The third-order valence-corrected chi connectivity index (χ3v) is 2.91. The summed E-state index contributed by atoms with van der Waals surface area (Å²) in [5.41, 5.74) is 0.875. The first-order chi connectivity index (χ1) is 8.78. The molecule has 0 spiro atoms. The van der Waals surface area contributed by atoms with Gasteiger partial charge < -0.3 is 10.1 Å². The van der Waals surface area contributed by atoms with Crippen LogP contribution in [-0.2, 0) is 6.54 Å². The zero-order valence-electron chi connectivity index (χ0n) is 10.1. The van der Waals surface area contributed by atoms with Crippen molar-refractivity contribution >= 4 is 22.6 Å². The van der Waals surface area contributed by atoms with Gasteiger partial charge in [0, 0.05) is 16.3 Å². The van der Waals surface area contributed by atoms with Crippen LogP contribution in [0.15, 0.2) is 36.7 Å². The van der Waals surface area contributed by atoms with Crippen LogP contribution in [-0.4, -0.2) is 16.5 Å². The molecule has 1 aromatic heterocycles. The Morgan fingerprint density at radius 2 is 2.22 bits per heavy atom. The Balaban J connectivity index is 2.09. The zero-order chi connectivity index (χ0) is 12.8. The minimum absolute atomic E-state index is 0.521. The normalized spacial score (nSPS) is 10.3. The third-order valence-electron chi connectivity index (χ3n) is 2.24. The molecular weight excluding hydrogens is 341 g/mol. The van der Waals surface area contributed by atoms with E-state index >= 15 is 0 Å². The third kappa shape index (κ3) is 3.92. The number of ether oxygens (including phenoxy) is 1. The van der Waals surface area contributed by atoms with Crippen LogP contribution in [0.5, 0.6) is 11.6 Å². The maximum atomic E-state index is 5.67. The van der Waals surface area contributed by atoms with Gasteiger partial charge in [-0.1, -0.05) is 13.0 Å². The molecule has 1 heterocycles. The van der Waals surface area contributed by atoms with Crippen LogP contribution in [0.4, 0.5) is 0 Å². The Hall–Kier alpha value is -1.21. The van der Waals surface area contributed by atoms with Gasteiger partial charge in [-0.25, -0.2) is 4.98 Å². The van der Waals surface area contributed by atoms with Gasteiger partial charge in [0.25, 0.3) is 0 Å². The van der Waals surface area contributed by atoms with Crippen molar-refractivity contribution in [3.05, 3.63) is 45.9 Å². The van der Waals surface area contributed by atoms with E-state index in [0.717, 1.165) is 21.6 Å². The van der Waals surface area contributed by atoms with Crippen LogP contribution in [0.2, 0.25) is 0 Å². The lowest BCUT2D eigenvalue weighted by molar-refractivity contribution is 0.456. The average Bonchev–Trinajstić information content (AvgIpc) is 2.37. The highest BCUT2D eigenvalue weighted by Gasteiger charge is 2.01. The van der Waals surface area contributed by atoms with Crippen molar-refractivity contribution in [3.63, 3.8) is 0 Å². The summed E-state index contributed by atoms with van der Waals surface area (Å²) in [5, 5.41) is 3.21. The fraction of sp³-hybridized carbons (Fsp3) is 0.231. The van der Waals surface area contributed by atoms with E-state index in [2.05, 4.69) is 44.8 Å². The van der Waals surface area contributed by atoms with E-state index in [1.54, 1.807) is 12.4 Å². The molecule has 5 heteroatoms. The Bertz CT molecular complexity index is 519. The van der Waals surface area contributed by atoms with Gasteiger partial charge in [-0.15, -0.1) is 0 Å². The standard InChI is InChI=1S/C13H14IN3O/c1-2-15-7-11-8-16-9-13(17-11)18-12-5-3-4-10(14)6-12/h3-6,8-9,15H,2,7H2,1H3. The second kappa shape index (κ2) is 6.65. The lowest BCUT2D eigenvalue weighted by Gasteiger charge is -2.06. The van der Waals surface area contributed by atoms with Gasteiger partial charge in [-0.05, 0) is 47.3 Å². The first-order valence-electron chi connectivity index (χ1n) is 5.73. The van der Waals surface area contributed by atoms with E-state index in [0.29, 0.717) is 12.4 Å². The van der Waals surface area contributed by atoms with Crippen molar-refractivity contribution in [1.29, 1.82) is 0 Å². The van der Waals surface area contributed by atoms with Crippen molar-refractivity contribution in [3.8, 4) is 11.6 Å². The summed E-state index contributed by atoms with van der Waals surface area (Å²) in [4.78, 5) is 8.51. The molecule has 0 saturated heterocycles. The Morgan fingerprint density at radius 3 is 3.00 bits per heavy atom. The number of rotatable bonds is 5. The average molecular weight is 355 g/mol. The quantitative estimate of drug-likeness (QED) is 0.838. The van der Waals surface area contributed by atoms with Gasteiger partial charge in [0.1, 0.15) is 5.75 Å². The molecule has 94 valence electrons. The number of benzene rings is 1. The summed E-state index contributed by atoms with van der Waals surface area (Å²) >= 11 is 2.25. The van der Waals surface area contributed by atoms with Gasteiger partial charge in [-0.2, -0.15) is 0 Å². The van der Waals surface area contributed by atoms with E-state index in [1.807, 2.05) is 24.3 Å².